The summed E-state index contributed by atoms with van der Waals surface area (Å²) in [5, 5.41) is 3.06. The van der Waals surface area contributed by atoms with Gasteiger partial charge in [-0.2, -0.15) is 0 Å². The normalized spacial score (nSPS) is 18.0. The highest BCUT2D eigenvalue weighted by Gasteiger charge is 2.35. The first-order chi connectivity index (χ1) is 14.9. The zero-order valence-corrected chi connectivity index (χ0v) is 20.0. The van der Waals surface area contributed by atoms with Gasteiger partial charge < -0.3 is 19.5 Å². The minimum absolute atomic E-state index is 0.256. The monoisotopic (exact) mass is 462 g/mol. The van der Waals surface area contributed by atoms with E-state index in [0.717, 1.165) is 11.8 Å². The fourth-order valence-electron chi connectivity index (χ4n) is 3.56. The zero-order valence-electron chi connectivity index (χ0n) is 19.2. The molecule has 1 amide bonds. The maximum Gasteiger partial charge on any atom is 0.261 e. The van der Waals surface area contributed by atoms with Crippen LogP contribution in [0.1, 0.15) is 38.8 Å². The van der Waals surface area contributed by atoms with Crippen molar-refractivity contribution in [1.29, 1.82) is 0 Å². The van der Waals surface area contributed by atoms with Crippen LogP contribution in [0.5, 0.6) is 17.2 Å². The van der Waals surface area contributed by atoms with Gasteiger partial charge in [-0.1, -0.05) is 0 Å². The lowest BCUT2D eigenvalue weighted by Gasteiger charge is -2.38. The molecule has 0 aromatic heterocycles. The molecule has 9 heteroatoms. The Morgan fingerprint density at radius 3 is 2.41 bits per heavy atom. The van der Waals surface area contributed by atoms with Crippen LogP contribution in [-0.2, 0) is 14.8 Å². The lowest BCUT2D eigenvalue weighted by atomic mass is 9.89. The number of sulfonamides is 1. The summed E-state index contributed by atoms with van der Waals surface area (Å²) in [5.74, 6) is 1.60. The van der Waals surface area contributed by atoms with Gasteiger partial charge in [-0.3, -0.25) is 9.10 Å². The molecule has 1 aliphatic heterocycles. The van der Waals surface area contributed by atoms with Gasteiger partial charge in [0.2, 0.25) is 10.0 Å². The second-order valence-corrected chi connectivity index (χ2v) is 10.5. The van der Waals surface area contributed by atoms with Crippen molar-refractivity contribution >= 4 is 21.6 Å². The van der Waals surface area contributed by atoms with Crippen molar-refractivity contribution in [3.63, 3.8) is 0 Å². The van der Waals surface area contributed by atoms with E-state index in [0.29, 0.717) is 29.4 Å². The van der Waals surface area contributed by atoms with E-state index in [1.54, 1.807) is 38.3 Å². The number of methoxy groups -OCH3 is 1. The Balaban J connectivity index is 1.71. The third-order valence-corrected chi connectivity index (χ3v) is 6.58. The van der Waals surface area contributed by atoms with E-state index >= 15 is 0 Å². The van der Waals surface area contributed by atoms with Crippen molar-refractivity contribution < 1.29 is 27.4 Å². The number of rotatable bonds is 7. The molecule has 0 fully saturated rings. The number of nitrogens with zero attached hydrogens (tertiary/aromatic N) is 1. The Morgan fingerprint density at radius 1 is 1.19 bits per heavy atom. The van der Waals surface area contributed by atoms with Crippen molar-refractivity contribution in [2.24, 2.45) is 0 Å². The Labute approximate surface area is 189 Å². The second kappa shape index (κ2) is 8.90. The Hall–Kier alpha value is -2.94. The molecular weight excluding hydrogens is 432 g/mol. The van der Waals surface area contributed by atoms with Gasteiger partial charge in [-0.15, -0.1) is 0 Å². The van der Waals surface area contributed by atoms with Gasteiger partial charge in [0.05, 0.1) is 25.1 Å². The summed E-state index contributed by atoms with van der Waals surface area (Å²) in [7, 11) is -0.281. The number of benzene rings is 2. The minimum Gasteiger partial charge on any atom is -0.497 e. The molecule has 0 unspecified atom stereocenters. The third kappa shape index (κ3) is 5.45. The summed E-state index contributed by atoms with van der Waals surface area (Å²) in [6.07, 6.45) is 0.973. The van der Waals surface area contributed by atoms with Crippen LogP contribution in [0.15, 0.2) is 42.5 Å². The van der Waals surface area contributed by atoms with Gasteiger partial charge in [0.1, 0.15) is 22.8 Å². The quantitative estimate of drug-likeness (QED) is 0.679. The lowest BCUT2D eigenvalue weighted by molar-refractivity contribution is -0.128. The zero-order chi connectivity index (χ0) is 23.7. The SMILES string of the molecule is COc1ccc2c(c1)[C@@H](NC(=O)[C@@H](C)Oc1ccc(N(C)S(C)(=O)=O)cc1)CC(C)(C)O2. The van der Waals surface area contributed by atoms with Crippen LogP contribution in [0.4, 0.5) is 5.69 Å². The van der Waals surface area contributed by atoms with Crippen molar-refractivity contribution in [1.82, 2.24) is 5.32 Å². The van der Waals surface area contributed by atoms with Gasteiger partial charge >= 0.3 is 0 Å². The van der Waals surface area contributed by atoms with E-state index in [2.05, 4.69) is 5.32 Å². The summed E-state index contributed by atoms with van der Waals surface area (Å²) >= 11 is 0. The topological polar surface area (TPSA) is 94.2 Å². The van der Waals surface area contributed by atoms with E-state index in [1.807, 2.05) is 32.0 Å². The highest BCUT2D eigenvalue weighted by atomic mass is 32.2. The van der Waals surface area contributed by atoms with Crippen LogP contribution < -0.4 is 23.8 Å². The number of anilines is 1. The molecule has 0 saturated carbocycles. The van der Waals surface area contributed by atoms with Crippen LogP contribution in [0.25, 0.3) is 0 Å². The molecule has 0 spiro atoms. The number of ether oxygens (including phenoxy) is 3. The number of nitrogens with one attached hydrogen (secondary N) is 1. The molecule has 1 N–H and O–H groups in total. The van der Waals surface area contributed by atoms with Gasteiger partial charge in [-0.25, -0.2) is 8.42 Å². The first-order valence-corrected chi connectivity index (χ1v) is 12.1. The molecule has 174 valence electrons. The predicted octanol–water partition coefficient (Wildman–Crippen LogP) is 3.28. The van der Waals surface area contributed by atoms with Crippen molar-refractivity contribution in [2.75, 3.05) is 24.7 Å². The van der Waals surface area contributed by atoms with Crippen LogP contribution in [0.3, 0.4) is 0 Å². The molecule has 0 radical (unpaired) electrons. The van der Waals surface area contributed by atoms with Crippen LogP contribution >= 0.6 is 0 Å². The molecule has 0 saturated heterocycles. The molecule has 1 aliphatic rings. The van der Waals surface area contributed by atoms with Gasteiger partial charge in [0.25, 0.3) is 5.91 Å². The molecule has 32 heavy (non-hydrogen) atoms. The Morgan fingerprint density at radius 2 is 1.81 bits per heavy atom. The maximum absolute atomic E-state index is 12.9. The van der Waals surface area contributed by atoms with Crippen molar-refractivity contribution in [3.05, 3.63) is 48.0 Å². The molecule has 8 nitrogen and oxygen atoms in total. The first kappa shape index (κ1) is 23.7. The fraction of sp³-hybridized carbons (Fsp3) is 0.435. The number of hydrogen-bond acceptors (Lipinski definition) is 6. The van der Waals surface area contributed by atoms with E-state index in [9.17, 15) is 13.2 Å². The largest absolute Gasteiger partial charge is 0.497 e. The summed E-state index contributed by atoms with van der Waals surface area (Å²) in [6, 6.07) is 11.8. The maximum atomic E-state index is 12.9. The molecule has 3 rings (SSSR count). The van der Waals surface area contributed by atoms with Gasteiger partial charge in [0, 0.05) is 19.0 Å². The molecular formula is C23H30N2O6S. The summed E-state index contributed by atoms with van der Waals surface area (Å²) in [5.41, 5.74) is 0.926. The standard InChI is InChI=1S/C23H30N2O6S/c1-15(30-17-9-7-16(8-10-17)25(4)32(6,27)28)22(26)24-20-14-23(2,3)31-21-12-11-18(29-5)13-19(20)21/h7-13,15,20H,14H2,1-6H3,(H,24,26)/t15-,20+/m1/s1. The van der Waals surface area contributed by atoms with Crippen LogP contribution in [0, 0.1) is 0 Å². The van der Waals surface area contributed by atoms with E-state index in [4.69, 9.17) is 14.2 Å². The Kier molecular flexibility index (Phi) is 6.59. The summed E-state index contributed by atoms with van der Waals surface area (Å²) in [6.45, 7) is 5.63. The fourth-order valence-corrected chi connectivity index (χ4v) is 4.07. The molecule has 2 atom stereocenters. The lowest BCUT2D eigenvalue weighted by Crippen LogP contribution is -2.44. The number of hydrogen-bond donors (Lipinski definition) is 1. The Bertz CT molecular complexity index is 1080. The highest BCUT2D eigenvalue weighted by molar-refractivity contribution is 7.92. The number of carbonyl (C=O) groups excluding carboxylic acids is 1. The van der Waals surface area contributed by atoms with Crippen LogP contribution in [0.2, 0.25) is 0 Å². The second-order valence-electron chi connectivity index (χ2n) is 8.52. The summed E-state index contributed by atoms with van der Waals surface area (Å²) < 4.78 is 41.7. The molecule has 1 heterocycles. The van der Waals surface area contributed by atoms with E-state index in [-0.39, 0.29) is 11.9 Å². The molecule has 0 aliphatic carbocycles. The molecule has 2 aromatic rings. The average Bonchev–Trinajstić information content (AvgIpc) is 2.72. The van der Waals surface area contributed by atoms with Gasteiger partial charge in [-0.05, 0) is 63.2 Å². The van der Waals surface area contributed by atoms with E-state index < -0.39 is 21.7 Å². The third-order valence-electron chi connectivity index (χ3n) is 5.37. The first-order valence-electron chi connectivity index (χ1n) is 10.3. The van der Waals surface area contributed by atoms with Gasteiger partial charge in [0.15, 0.2) is 6.10 Å². The number of carbonyl (C=O) groups is 1. The number of fused-ring (bicyclic) bond motifs is 1. The van der Waals surface area contributed by atoms with Crippen molar-refractivity contribution in [3.8, 4) is 17.2 Å². The average molecular weight is 463 g/mol. The minimum atomic E-state index is -3.35. The van der Waals surface area contributed by atoms with E-state index in [1.165, 1.54) is 11.4 Å². The molecule has 2 aromatic carbocycles. The predicted molar refractivity (Wildman–Crippen MR) is 123 cm³/mol. The highest BCUT2D eigenvalue weighted by Crippen LogP contribution is 2.41. The van der Waals surface area contributed by atoms with Crippen molar-refractivity contribution in [2.45, 2.75) is 44.9 Å². The molecule has 0 bridgehead atoms. The number of amides is 1. The van der Waals surface area contributed by atoms with Crippen LogP contribution in [-0.4, -0.2) is 46.4 Å². The summed E-state index contributed by atoms with van der Waals surface area (Å²) in [4.78, 5) is 12.9. The smallest absolute Gasteiger partial charge is 0.261 e.